The van der Waals surface area contributed by atoms with Crippen molar-refractivity contribution in [3.8, 4) is 22.9 Å². The van der Waals surface area contributed by atoms with Crippen molar-refractivity contribution in [1.29, 1.82) is 0 Å². The minimum atomic E-state index is -4.50. The van der Waals surface area contributed by atoms with Gasteiger partial charge in [0.2, 0.25) is 27.7 Å². The average molecular weight is 651 g/mol. The van der Waals surface area contributed by atoms with Crippen molar-refractivity contribution >= 4 is 27.9 Å². The smallest absolute Gasteiger partial charge is 0.263 e. The van der Waals surface area contributed by atoms with Crippen LogP contribution in [0.2, 0.25) is 0 Å². The zero-order valence-electron chi connectivity index (χ0n) is 23.1. The lowest BCUT2D eigenvalue weighted by Crippen LogP contribution is -2.37. The van der Waals surface area contributed by atoms with Gasteiger partial charge in [-0.25, -0.2) is 50.3 Å². The highest BCUT2D eigenvalue weighted by molar-refractivity contribution is 7.91. The predicted octanol–water partition coefficient (Wildman–Crippen LogP) is 6.28. The molecule has 2 aromatic heterocycles. The summed E-state index contributed by atoms with van der Waals surface area (Å²) in [7, 11) is -4.50. The van der Waals surface area contributed by atoms with Gasteiger partial charge in [-0.3, -0.25) is 4.72 Å². The second kappa shape index (κ2) is 13.6. The van der Waals surface area contributed by atoms with Gasteiger partial charge in [-0.05, 0) is 30.2 Å². The number of anilines is 1. The largest absolute Gasteiger partial charge is 0.435 e. The molecular weight excluding hydrogens is 626 g/mol. The molecule has 0 saturated carbocycles. The van der Waals surface area contributed by atoms with Crippen LogP contribution in [0.5, 0.6) is 11.6 Å². The molecule has 0 amide bonds. The van der Waals surface area contributed by atoms with Gasteiger partial charge in [-0.15, -0.1) is 0 Å². The van der Waals surface area contributed by atoms with Crippen molar-refractivity contribution in [1.82, 2.24) is 20.3 Å². The molecule has 1 aliphatic rings. The lowest BCUT2D eigenvalue weighted by molar-refractivity contribution is 0.151. The number of aliphatic imine (C=N–C) groups is 1. The zero-order chi connectivity index (χ0) is 32.1. The monoisotopic (exact) mass is 650 g/mol. The van der Waals surface area contributed by atoms with E-state index in [0.29, 0.717) is 19.0 Å². The maximum Gasteiger partial charge on any atom is 0.263 e. The van der Waals surface area contributed by atoms with Crippen molar-refractivity contribution in [3.05, 3.63) is 89.5 Å². The molecule has 1 aliphatic heterocycles. The Morgan fingerprint density at radius 1 is 1.04 bits per heavy atom. The Morgan fingerprint density at radius 2 is 1.82 bits per heavy atom. The first-order valence-electron chi connectivity index (χ1n) is 13.4. The number of benzene rings is 2. The molecule has 2 aromatic carbocycles. The van der Waals surface area contributed by atoms with Gasteiger partial charge in [-0.1, -0.05) is 24.3 Å². The normalized spacial score (nSPS) is 17.1. The van der Waals surface area contributed by atoms with Crippen LogP contribution in [0.1, 0.15) is 24.0 Å². The van der Waals surface area contributed by atoms with Crippen molar-refractivity contribution in [2.75, 3.05) is 17.8 Å². The standard InChI is InChI=1S/C29H24F6N6O3S/c30-19-10-17(12-36-14-19)13-39-29-38-9-7-22(40-29)20-2-1-8-37-28(20)44-23-11-21(31)26(25(33)24(23)32)41-45(42,43)15-16-3-5-18(6-4-16)27(34)35/h1-9,11,13,17,19,27,36,41H,10,12,14-15H2/b39-13+/t17?,19-/m0/s1. The van der Waals surface area contributed by atoms with Gasteiger partial charge >= 0.3 is 0 Å². The lowest BCUT2D eigenvalue weighted by Gasteiger charge is -2.22. The number of hydrogen-bond acceptors (Lipinski definition) is 8. The minimum absolute atomic E-state index is 0.0353. The van der Waals surface area contributed by atoms with Gasteiger partial charge in [0.05, 0.1) is 17.0 Å². The SMILES string of the molecule is O=S(=O)(Cc1ccc(C(F)F)cc1)Nc1c(F)cc(Oc2ncccc2-c2ccnc(/N=C/C3CNC[C@@H](F)C3)n2)c(F)c1F. The van der Waals surface area contributed by atoms with E-state index in [1.807, 2.05) is 0 Å². The second-order valence-electron chi connectivity index (χ2n) is 9.99. The van der Waals surface area contributed by atoms with E-state index in [1.54, 1.807) is 4.72 Å². The van der Waals surface area contributed by atoms with Gasteiger partial charge in [0, 0.05) is 49.2 Å². The number of alkyl halides is 3. The summed E-state index contributed by atoms with van der Waals surface area (Å²) in [6.45, 7) is 0.815. The average Bonchev–Trinajstić information content (AvgIpc) is 3.01. The maximum atomic E-state index is 15.1. The Kier molecular flexibility index (Phi) is 9.63. The number of rotatable bonds is 10. The number of sulfonamides is 1. The summed E-state index contributed by atoms with van der Waals surface area (Å²) in [6.07, 6.45) is 0.741. The van der Waals surface area contributed by atoms with Gasteiger partial charge in [0.1, 0.15) is 11.9 Å². The Hall–Kier alpha value is -4.57. The fourth-order valence-corrected chi connectivity index (χ4v) is 5.65. The molecule has 1 unspecified atom stereocenters. The van der Waals surface area contributed by atoms with Crippen LogP contribution in [0.4, 0.5) is 38.0 Å². The summed E-state index contributed by atoms with van der Waals surface area (Å²) >= 11 is 0. The highest BCUT2D eigenvalue weighted by Crippen LogP contribution is 2.36. The van der Waals surface area contributed by atoms with Crippen LogP contribution in [-0.4, -0.2) is 48.8 Å². The maximum absolute atomic E-state index is 15.1. The fourth-order valence-electron chi connectivity index (χ4n) is 4.45. The number of aromatic nitrogens is 3. The van der Waals surface area contributed by atoms with Crippen LogP contribution < -0.4 is 14.8 Å². The van der Waals surface area contributed by atoms with Gasteiger partial charge < -0.3 is 10.1 Å². The molecule has 2 atom stereocenters. The number of nitrogens with zero attached hydrogens (tertiary/aromatic N) is 4. The molecule has 0 aliphatic carbocycles. The van der Waals surface area contributed by atoms with Gasteiger partial charge in [0.15, 0.2) is 17.4 Å². The summed E-state index contributed by atoms with van der Waals surface area (Å²) in [5.74, 6) is -7.28. The van der Waals surface area contributed by atoms with E-state index in [1.165, 1.54) is 36.8 Å². The van der Waals surface area contributed by atoms with E-state index >= 15 is 4.39 Å². The molecular formula is C29H24F6N6O3S. The first-order chi connectivity index (χ1) is 21.5. The topological polar surface area (TPSA) is 118 Å². The number of piperidine rings is 1. The quantitative estimate of drug-likeness (QED) is 0.118. The van der Waals surface area contributed by atoms with E-state index in [2.05, 4.69) is 25.3 Å². The first-order valence-corrected chi connectivity index (χ1v) is 15.0. The highest BCUT2D eigenvalue weighted by Gasteiger charge is 2.26. The molecule has 2 N–H and O–H groups in total. The molecule has 1 saturated heterocycles. The summed E-state index contributed by atoms with van der Waals surface area (Å²) in [5.41, 5.74) is -1.18. The number of pyridine rings is 1. The Labute approximate surface area is 253 Å². The van der Waals surface area contributed by atoms with E-state index in [-0.39, 0.29) is 46.7 Å². The molecule has 0 radical (unpaired) electrons. The summed E-state index contributed by atoms with van der Waals surface area (Å²) in [5, 5.41) is 2.96. The summed E-state index contributed by atoms with van der Waals surface area (Å²) in [4.78, 5) is 16.6. The van der Waals surface area contributed by atoms with Gasteiger partial charge in [-0.2, -0.15) is 4.39 Å². The third-order valence-corrected chi connectivity index (χ3v) is 7.83. The lowest BCUT2D eigenvalue weighted by atomic mass is 10.00. The Bertz CT molecular complexity index is 1810. The molecule has 236 valence electrons. The third-order valence-electron chi connectivity index (χ3n) is 6.60. The van der Waals surface area contributed by atoms with E-state index in [9.17, 15) is 30.4 Å². The van der Waals surface area contributed by atoms with Crippen molar-refractivity contribution in [3.63, 3.8) is 0 Å². The second-order valence-corrected chi connectivity index (χ2v) is 11.7. The highest BCUT2D eigenvalue weighted by atomic mass is 32.2. The third kappa shape index (κ3) is 7.94. The van der Waals surface area contributed by atoms with Crippen LogP contribution in [0.3, 0.4) is 0 Å². The number of ether oxygens (including phenoxy) is 1. The van der Waals surface area contributed by atoms with Crippen molar-refractivity contribution in [2.45, 2.75) is 24.8 Å². The van der Waals surface area contributed by atoms with Crippen molar-refractivity contribution < 1.29 is 39.5 Å². The van der Waals surface area contributed by atoms with Crippen molar-refractivity contribution in [2.24, 2.45) is 10.9 Å². The van der Waals surface area contributed by atoms with Gasteiger partial charge in [0.25, 0.3) is 6.43 Å². The Balaban J connectivity index is 1.35. The van der Waals surface area contributed by atoms with Crippen LogP contribution in [0.15, 0.2) is 65.9 Å². The fraction of sp³-hybridized carbons (Fsp3) is 0.241. The zero-order valence-corrected chi connectivity index (χ0v) is 23.9. The number of hydrogen-bond donors (Lipinski definition) is 2. The summed E-state index contributed by atoms with van der Waals surface area (Å²) in [6, 6.07) is 9.20. The molecule has 5 rings (SSSR count). The molecule has 3 heterocycles. The molecule has 0 bridgehead atoms. The Morgan fingerprint density at radius 3 is 2.56 bits per heavy atom. The van der Waals surface area contributed by atoms with E-state index in [4.69, 9.17) is 4.74 Å². The van der Waals surface area contributed by atoms with Crippen LogP contribution in [0.25, 0.3) is 11.3 Å². The minimum Gasteiger partial charge on any atom is -0.435 e. The number of nitrogens with one attached hydrogen (secondary N) is 2. The molecule has 0 spiro atoms. The molecule has 9 nitrogen and oxygen atoms in total. The number of halogens is 6. The molecule has 1 fully saturated rings. The van der Waals surface area contributed by atoms with E-state index < -0.39 is 57.3 Å². The van der Waals surface area contributed by atoms with Crippen LogP contribution in [-0.2, 0) is 15.8 Å². The molecule has 4 aromatic rings. The van der Waals surface area contributed by atoms with Crippen LogP contribution >= 0.6 is 0 Å². The molecule has 45 heavy (non-hydrogen) atoms. The first kappa shape index (κ1) is 31.8. The summed E-state index contributed by atoms with van der Waals surface area (Å²) < 4.78 is 116. The predicted molar refractivity (Wildman–Crippen MR) is 153 cm³/mol. The molecule has 16 heteroatoms. The van der Waals surface area contributed by atoms with Crippen LogP contribution in [0, 0.1) is 23.4 Å². The van der Waals surface area contributed by atoms with E-state index in [0.717, 1.165) is 24.3 Å².